The molecule has 1 aromatic heterocycles. The zero-order chi connectivity index (χ0) is 20.9. The van der Waals surface area contributed by atoms with E-state index in [2.05, 4.69) is 17.2 Å². The molecule has 0 fully saturated rings. The molecule has 3 aromatic rings. The number of hydrogen-bond acceptors (Lipinski definition) is 1. The summed E-state index contributed by atoms with van der Waals surface area (Å²) < 4.78 is 41.0. The van der Waals surface area contributed by atoms with Crippen molar-refractivity contribution >= 4 is 16.8 Å². The molecule has 3 rings (SSSR count). The summed E-state index contributed by atoms with van der Waals surface area (Å²) in [6.45, 7) is 2.61. The molecule has 2 N–H and O–H groups in total. The van der Waals surface area contributed by atoms with Gasteiger partial charge in [-0.3, -0.25) is 4.79 Å². The Hall–Kier alpha value is -2.76. The zero-order valence-corrected chi connectivity index (χ0v) is 16.4. The van der Waals surface area contributed by atoms with Crippen molar-refractivity contribution in [1.82, 2.24) is 10.3 Å². The number of halogens is 3. The molecule has 3 nitrogen and oxygen atoms in total. The largest absolute Gasteiger partial charge is 0.416 e. The fourth-order valence-electron chi connectivity index (χ4n) is 3.69. The highest BCUT2D eigenvalue weighted by Gasteiger charge is 2.36. The van der Waals surface area contributed by atoms with Crippen molar-refractivity contribution in [1.29, 1.82) is 0 Å². The van der Waals surface area contributed by atoms with Gasteiger partial charge in [-0.05, 0) is 29.7 Å². The summed E-state index contributed by atoms with van der Waals surface area (Å²) in [5.74, 6) is -0.941. The fraction of sp³-hybridized carbons (Fsp3) is 0.348. The molecule has 0 spiro atoms. The van der Waals surface area contributed by atoms with Gasteiger partial charge in [0.05, 0.1) is 5.56 Å². The minimum absolute atomic E-state index is 0.0406. The number of amides is 1. The van der Waals surface area contributed by atoms with Gasteiger partial charge < -0.3 is 10.3 Å². The normalized spacial score (nSPS) is 12.8. The average Bonchev–Trinajstić information content (AvgIpc) is 3.13. The highest BCUT2D eigenvalue weighted by molar-refractivity contribution is 5.86. The number of carbonyl (C=O) groups excluding carboxylic acids is 1. The van der Waals surface area contributed by atoms with Gasteiger partial charge >= 0.3 is 6.18 Å². The summed E-state index contributed by atoms with van der Waals surface area (Å²) in [6.07, 6.45) is 0.0848. The van der Waals surface area contributed by atoms with Crippen LogP contribution >= 0.6 is 0 Å². The molecule has 1 atom stereocenters. The van der Waals surface area contributed by atoms with E-state index in [0.29, 0.717) is 12.1 Å². The van der Waals surface area contributed by atoms with Crippen LogP contribution in [0.5, 0.6) is 0 Å². The summed E-state index contributed by atoms with van der Waals surface area (Å²) in [5.41, 5.74) is 0.948. The number of nitrogens with one attached hydrogen (secondary N) is 2. The molecule has 29 heavy (non-hydrogen) atoms. The van der Waals surface area contributed by atoms with E-state index in [-0.39, 0.29) is 17.9 Å². The lowest BCUT2D eigenvalue weighted by Crippen LogP contribution is -2.27. The number of hydrogen-bond donors (Lipinski definition) is 2. The highest BCUT2D eigenvalue weighted by Crippen LogP contribution is 2.40. The second-order valence-electron chi connectivity index (χ2n) is 7.19. The minimum Gasteiger partial charge on any atom is -0.361 e. The Bertz CT molecular complexity index is 962. The average molecular weight is 402 g/mol. The number of fused-ring (bicyclic) bond motifs is 1. The van der Waals surface area contributed by atoms with Crippen molar-refractivity contribution in [3.05, 3.63) is 71.4 Å². The minimum atomic E-state index is -4.49. The van der Waals surface area contributed by atoms with E-state index >= 15 is 0 Å². The van der Waals surface area contributed by atoms with E-state index in [0.717, 1.165) is 36.2 Å². The Morgan fingerprint density at radius 1 is 1.03 bits per heavy atom. The maximum Gasteiger partial charge on any atom is 0.416 e. The van der Waals surface area contributed by atoms with Gasteiger partial charge in [0.2, 0.25) is 5.91 Å². The fourth-order valence-corrected chi connectivity index (χ4v) is 3.69. The van der Waals surface area contributed by atoms with E-state index in [1.54, 1.807) is 12.3 Å². The molecular weight excluding hydrogens is 377 g/mol. The summed E-state index contributed by atoms with van der Waals surface area (Å²) in [5, 5.41) is 3.68. The first-order chi connectivity index (χ1) is 13.9. The van der Waals surface area contributed by atoms with Crippen LogP contribution in [0.3, 0.4) is 0 Å². The molecule has 0 radical (unpaired) electrons. The summed E-state index contributed by atoms with van der Waals surface area (Å²) in [7, 11) is 0. The Morgan fingerprint density at radius 2 is 1.76 bits per heavy atom. The summed E-state index contributed by atoms with van der Waals surface area (Å²) in [6, 6.07) is 13.0. The summed E-state index contributed by atoms with van der Waals surface area (Å²) >= 11 is 0. The predicted molar refractivity (Wildman–Crippen MR) is 109 cm³/mol. The molecule has 6 heteroatoms. The molecule has 1 amide bonds. The van der Waals surface area contributed by atoms with Gasteiger partial charge in [0, 0.05) is 36.0 Å². The molecule has 154 valence electrons. The lowest BCUT2D eigenvalue weighted by atomic mass is 9.85. The van der Waals surface area contributed by atoms with Crippen LogP contribution < -0.4 is 5.32 Å². The Kier molecular flexibility index (Phi) is 6.62. The molecule has 0 unspecified atom stereocenters. The molecule has 0 aliphatic heterocycles. The first kappa shape index (κ1) is 21.0. The Morgan fingerprint density at radius 3 is 2.52 bits per heavy atom. The number of H-pyrrole nitrogens is 1. The zero-order valence-electron chi connectivity index (χ0n) is 16.4. The van der Waals surface area contributed by atoms with Gasteiger partial charge in [-0.15, -0.1) is 0 Å². The molecule has 0 saturated heterocycles. The topological polar surface area (TPSA) is 44.9 Å². The van der Waals surface area contributed by atoms with Crippen LogP contribution in [0, 0.1) is 0 Å². The number of carbonyl (C=O) groups is 1. The van der Waals surface area contributed by atoms with Crippen molar-refractivity contribution in [3.8, 4) is 0 Å². The van der Waals surface area contributed by atoms with E-state index in [1.165, 1.54) is 12.1 Å². The third-order valence-corrected chi connectivity index (χ3v) is 5.13. The quantitative estimate of drug-likeness (QED) is 0.445. The number of rotatable bonds is 8. The van der Waals surface area contributed by atoms with Gasteiger partial charge in [-0.25, -0.2) is 0 Å². The first-order valence-electron chi connectivity index (χ1n) is 9.90. The molecule has 0 aliphatic rings. The van der Waals surface area contributed by atoms with E-state index in [4.69, 9.17) is 0 Å². The maximum absolute atomic E-state index is 13.7. The molecule has 1 heterocycles. The lowest BCUT2D eigenvalue weighted by Gasteiger charge is -2.21. The first-order valence-corrected chi connectivity index (χ1v) is 9.90. The number of para-hydroxylation sites is 1. The van der Waals surface area contributed by atoms with Gasteiger partial charge in [-0.1, -0.05) is 56.2 Å². The maximum atomic E-state index is 13.7. The standard InChI is InChI=1S/C23H25F3N2O/c1-2-3-8-13-27-22(29)14-18(16-9-4-6-11-20(16)23(24,25)26)19-15-28-21-12-7-5-10-17(19)21/h4-7,9-12,15,18,28H,2-3,8,13-14H2,1H3,(H,27,29)/t18-/m0/s1. The van der Waals surface area contributed by atoms with Crippen LogP contribution in [0.1, 0.15) is 55.2 Å². The number of aromatic nitrogens is 1. The third kappa shape index (κ3) is 5.00. The number of benzene rings is 2. The van der Waals surface area contributed by atoms with Gasteiger partial charge in [0.25, 0.3) is 0 Å². The number of unbranched alkanes of at least 4 members (excludes halogenated alkanes) is 2. The van der Waals surface area contributed by atoms with Crippen molar-refractivity contribution < 1.29 is 18.0 Å². The van der Waals surface area contributed by atoms with Crippen LogP contribution in [0.25, 0.3) is 10.9 Å². The molecule has 2 aromatic carbocycles. The SMILES string of the molecule is CCCCCNC(=O)C[C@@H](c1ccccc1C(F)(F)F)c1c[nH]c2ccccc12. The second-order valence-corrected chi connectivity index (χ2v) is 7.19. The van der Waals surface area contributed by atoms with E-state index in [9.17, 15) is 18.0 Å². The van der Waals surface area contributed by atoms with Crippen molar-refractivity contribution in [2.45, 2.75) is 44.7 Å². The molecule has 0 bridgehead atoms. The number of aromatic amines is 1. The summed E-state index contributed by atoms with van der Waals surface area (Å²) in [4.78, 5) is 15.7. The van der Waals surface area contributed by atoms with Crippen LogP contribution in [0.4, 0.5) is 13.2 Å². The van der Waals surface area contributed by atoms with Gasteiger partial charge in [0.1, 0.15) is 0 Å². The smallest absolute Gasteiger partial charge is 0.361 e. The van der Waals surface area contributed by atoms with Crippen molar-refractivity contribution in [2.24, 2.45) is 0 Å². The third-order valence-electron chi connectivity index (χ3n) is 5.13. The molecule has 0 saturated carbocycles. The number of alkyl halides is 3. The molecule has 0 aliphatic carbocycles. The highest BCUT2D eigenvalue weighted by atomic mass is 19.4. The van der Waals surface area contributed by atoms with E-state index in [1.807, 2.05) is 24.3 Å². The Labute approximate surface area is 168 Å². The van der Waals surface area contributed by atoms with Crippen LogP contribution in [0.2, 0.25) is 0 Å². The predicted octanol–water partition coefficient (Wildman–Crippen LogP) is 6.02. The van der Waals surface area contributed by atoms with Crippen molar-refractivity contribution in [3.63, 3.8) is 0 Å². The lowest BCUT2D eigenvalue weighted by molar-refractivity contribution is -0.138. The Balaban J connectivity index is 1.98. The second kappa shape index (κ2) is 9.16. The van der Waals surface area contributed by atoms with Gasteiger partial charge in [0.15, 0.2) is 0 Å². The van der Waals surface area contributed by atoms with Crippen molar-refractivity contribution in [2.75, 3.05) is 6.54 Å². The monoisotopic (exact) mass is 402 g/mol. The van der Waals surface area contributed by atoms with E-state index < -0.39 is 17.7 Å². The van der Waals surface area contributed by atoms with Crippen LogP contribution in [-0.4, -0.2) is 17.4 Å². The van der Waals surface area contributed by atoms with Crippen LogP contribution in [0.15, 0.2) is 54.7 Å². The van der Waals surface area contributed by atoms with Crippen LogP contribution in [-0.2, 0) is 11.0 Å². The molecular formula is C23H25F3N2O. The van der Waals surface area contributed by atoms with Gasteiger partial charge in [-0.2, -0.15) is 13.2 Å².